The summed E-state index contributed by atoms with van der Waals surface area (Å²) in [6.07, 6.45) is 6.83. The van der Waals surface area contributed by atoms with Gasteiger partial charge in [-0.05, 0) is 92.2 Å². The lowest BCUT2D eigenvalue weighted by molar-refractivity contribution is 0.262. The highest BCUT2D eigenvalue weighted by Gasteiger charge is 2.16. The number of halogens is 1. The number of hydrogen-bond acceptors (Lipinski definition) is 10. The highest BCUT2D eigenvalue weighted by molar-refractivity contribution is 6.32. The van der Waals surface area contributed by atoms with Gasteiger partial charge < -0.3 is 29.0 Å². The minimum absolute atomic E-state index is 0.211. The molecule has 6 rings (SSSR count). The zero-order chi connectivity index (χ0) is 35.6. The Morgan fingerprint density at radius 2 is 1.65 bits per heavy atom. The van der Waals surface area contributed by atoms with Gasteiger partial charge in [0, 0.05) is 49.6 Å². The van der Waals surface area contributed by atoms with E-state index in [0.29, 0.717) is 60.1 Å². The second-order valence-electron chi connectivity index (χ2n) is 12.8. The van der Waals surface area contributed by atoms with Crippen LogP contribution < -0.4 is 19.5 Å². The van der Waals surface area contributed by atoms with Crippen LogP contribution in [0.4, 0.5) is 0 Å². The lowest BCUT2D eigenvalue weighted by atomic mass is 9.93. The summed E-state index contributed by atoms with van der Waals surface area (Å²) in [7, 11) is 0. The van der Waals surface area contributed by atoms with Crippen molar-refractivity contribution in [2.75, 3.05) is 26.2 Å². The second kappa shape index (κ2) is 17.3. The van der Waals surface area contributed by atoms with Crippen molar-refractivity contribution in [2.24, 2.45) is 0 Å². The van der Waals surface area contributed by atoms with Crippen LogP contribution >= 0.6 is 11.6 Å². The van der Waals surface area contributed by atoms with Crippen LogP contribution in [0, 0.1) is 32.1 Å². The van der Waals surface area contributed by atoms with Crippen LogP contribution in [0.15, 0.2) is 71.5 Å². The summed E-state index contributed by atoms with van der Waals surface area (Å²) >= 11 is 6.81. The van der Waals surface area contributed by atoms with E-state index in [1.807, 2.05) is 12.1 Å². The first kappa shape index (κ1) is 35.9. The molecule has 0 spiro atoms. The number of likely N-dealkylation sites (tertiary alicyclic amines) is 1. The quantitative estimate of drug-likeness (QED) is 0.101. The molecule has 0 radical (unpaired) electrons. The number of ether oxygens (including phenoxy) is 3. The van der Waals surface area contributed by atoms with E-state index in [0.717, 1.165) is 57.7 Å². The maximum Gasteiger partial charge on any atom is 0.223 e. The van der Waals surface area contributed by atoms with Gasteiger partial charge in [0.25, 0.3) is 0 Å². The molecule has 10 nitrogen and oxygen atoms in total. The Bertz CT molecular complexity index is 1980. The van der Waals surface area contributed by atoms with Gasteiger partial charge in [-0.2, -0.15) is 10.2 Å². The summed E-state index contributed by atoms with van der Waals surface area (Å²) in [6.45, 7) is 11.6. The first-order chi connectivity index (χ1) is 24.9. The number of nitrogens with zero attached hydrogens (tertiary/aromatic N) is 5. The van der Waals surface area contributed by atoms with Crippen molar-refractivity contribution < 1.29 is 18.7 Å². The highest BCUT2D eigenvalue weighted by Crippen LogP contribution is 2.36. The second-order valence-corrected chi connectivity index (χ2v) is 13.2. The molecular weight excluding hydrogens is 664 g/mol. The van der Waals surface area contributed by atoms with Crippen LogP contribution in [0.25, 0.3) is 11.1 Å². The molecule has 0 bridgehead atoms. The molecule has 3 aromatic carbocycles. The molecule has 0 amide bonds. The van der Waals surface area contributed by atoms with E-state index in [1.54, 1.807) is 19.2 Å². The molecule has 3 heterocycles. The Kier molecular flexibility index (Phi) is 12.2. The molecule has 2 aromatic heterocycles. The molecule has 0 aliphatic carbocycles. The van der Waals surface area contributed by atoms with E-state index in [-0.39, 0.29) is 6.61 Å². The van der Waals surface area contributed by atoms with Gasteiger partial charge in [-0.25, -0.2) is 0 Å². The Balaban J connectivity index is 1.16. The van der Waals surface area contributed by atoms with Gasteiger partial charge in [-0.1, -0.05) is 47.1 Å². The number of rotatable bonds is 16. The Labute approximate surface area is 304 Å². The lowest BCUT2D eigenvalue weighted by Gasteiger charge is -2.18. The van der Waals surface area contributed by atoms with Crippen LogP contribution in [-0.4, -0.2) is 46.3 Å². The fourth-order valence-corrected chi connectivity index (χ4v) is 6.54. The average Bonchev–Trinajstić information content (AvgIpc) is 3.82. The van der Waals surface area contributed by atoms with Crippen molar-refractivity contribution in [3.05, 3.63) is 117 Å². The van der Waals surface area contributed by atoms with Gasteiger partial charge in [-0.15, -0.1) is 0 Å². The molecule has 1 aliphatic rings. The number of nitrogens with one attached hydrogen (secondary N) is 1. The van der Waals surface area contributed by atoms with E-state index in [2.05, 4.69) is 81.7 Å². The van der Waals surface area contributed by atoms with Crippen LogP contribution in [0.1, 0.15) is 64.4 Å². The summed E-state index contributed by atoms with van der Waals surface area (Å²) in [5, 5.41) is 17.0. The fourth-order valence-electron chi connectivity index (χ4n) is 6.30. The normalized spacial score (nSPS) is 12.9. The standard InChI is InChI=1S/C40H43ClN6O4/c1-27-32(9-6-10-34(27)35-11-7-12-37(28(35)2)48-16-8-15-47-13-4-5-14-47)26-50-39-19-38(49-25-31-17-30(20-42)21-43-22-31)33(18-36(39)41)23-44-24-40-45-29(3)51-46-40/h6-7,9-12,17-19,21-22,44H,4-5,8,13-16,23-26H2,1-3H3. The van der Waals surface area contributed by atoms with E-state index >= 15 is 0 Å². The highest BCUT2D eigenvalue weighted by atomic mass is 35.5. The average molecular weight is 707 g/mol. The molecule has 0 saturated carbocycles. The minimum Gasteiger partial charge on any atom is -0.493 e. The summed E-state index contributed by atoms with van der Waals surface area (Å²) in [5.41, 5.74) is 7.63. The number of benzene rings is 3. The van der Waals surface area contributed by atoms with Gasteiger partial charge in [-0.3, -0.25) is 4.98 Å². The van der Waals surface area contributed by atoms with E-state index in [4.69, 9.17) is 30.3 Å². The smallest absolute Gasteiger partial charge is 0.223 e. The molecule has 51 heavy (non-hydrogen) atoms. The van der Waals surface area contributed by atoms with Crippen molar-refractivity contribution in [3.8, 4) is 34.4 Å². The Morgan fingerprint density at radius 1 is 0.863 bits per heavy atom. The predicted octanol–water partition coefficient (Wildman–Crippen LogP) is 7.89. The van der Waals surface area contributed by atoms with Gasteiger partial charge in [0.15, 0.2) is 5.82 Å². The Morgan fingerprint density at radius 3 is 2.43 bits per heavy atom. The number of hydrogen-bond donors (Lipinski definition) is 1. The number of aryl methyl sites for hydroxylation is 1. The summed E-state index contributed by atoms with van der Waals surface area (Å²) in [6, 6.07) is 20.1. The molecule has 264 valence electrons. The molecule has 1 saturated heterocycles. The summed E-state index contributed by atoms with van der Waals surface area (Å²) in [4.78, 5) is 10.9. The van der Waals surface area contributed by atoms with Crippen LogP contribution in [-0.2, 0) is 26.3 Å². The molecule has 5 aromatic rings. The Hall–Kier alpha value is -4.95. The zero-order valence-corrected chi connectivity index (χ0v) is 30.1. The van der Waals surface area contributed by atoms with Crippen LogP contribution in [0.3, 0.4) is 0 Å². The van der Waals surface area contributed by atoms with E-state index < -0.39 is 0 Å². The van der Waals surface area contributed by atoms with Crippen molar-refractivity contribution in [1.82, 2.24) is 25.3 Å². The molecular formula is C40H43ClN6O4. The van der Waals surface area contributed by atoms with Crippen molar-refractivity contribution in [2.45, 2.75) is 66.3 Å². The lowest BCUT2D eigenvalue weighted by Crippen LogP contribution is -2.22. The number of pyridine rings is 1. The van der Waals surface area contributed by atoms with Crippen molar-refractivity contribution in [3.63, 3.8) is 0 Å². The van der Waals surface area contributed by atoms with Gasteiger partial charge >= 0.3 is 0 Å². The fraction of sp³-hybridized carbons (Fsp3) is 0.350. The minimum atomic E-state index is 0.211. The maximum atomic E-state index is 9.31. The predicted molar refractivity (Wildman–Crippen MR) is 196 cm³/mol. The third-order valence-electron chi connectivity index (χ3n) is 9.08. The molecule has 1 N–H and O–H groups in total. The first-order valence-electron chi connectivity index (χ1n) is 17.3. The first-order valence-corrected chi connectivity index (χ1v) is 17.7. The topological polar surface area (TPSA) is 119 Å². The molecule has 1 fully saturated rings. The molecule has 1 aliphatic heterocycles. The zero-order valence-electron chi connectivity index (χ0n) is 29.4. The molecule has 0 unspecified atom stereocenters. The van der Waals surface area contributed by atoms with E-state index in [9.17, 15) is 5.26 Å². The monoisotopic (exact) mass is 706 g/mol. The van der Waals surface area contributed by atoms with Gasteiger partial charge in [0.1, 0.15) is 36.5 Å². The van der Waals surface area contributed by atoms with Crippen LogP contribution in [0.2, 0.25) is 5.02 Å². The molecule has 11 heteroatoms. The summed E-state index contributed by atoms with van der Waals surface area (Å²) in [5.74, 6) is 3.07. The number of nitriles is 1. The molecule has 0 atom stereocenters. The van der Waals surface area contributed by atoms with Gasteiger partial charge in [0.2, 0.25) is 5.89 Å². The van der Waals surface area contributed by atoms with Crippen molar-refractivity contribution >= 4 is 11.6 Å². The SMILES string of the molecule is Cc1nc(CNCc2cc(Cl)c(OCc3cccc(-c4cccc(OCCCN5CCCC5)c4C)c3C)cc2OCc2cncc(C#N)c2)no1. The van der Waals surface area contributed by atoms with Gasteiger partial charge in [0.05, 0.1) is 23.7 Å². The third-order valence-corrected chi connectivity index (χ3v) is 9.38. The van der Waals surface area contributed by atoms with Crippen LogP contribution in [0.5, 0.6) is 17.2 Å². The largest absolute Gasteiger partial charge is 0.493 e. The summed E-state index contributed by atoms with van der Waals surface area (Å²) < 4.78 is 24.0. The maximum absolute atomic E-state index is 9.31. The van der Waals surface area contributed by atoms with Crippen molar-refractivity contribution in [1.29, 1.82) is 5.26 Å². The van der Waals surface area contributed by atoms with E-state index in [1.165, 1.54) is 32.1 Å². The number of aromatic nitrogens is 3. The third kappa shape index (κ3) is 9.44.